The number of esters is 1. The molecule has 4 nitrogen and oxygen atoms in total. The molecule has 0 bridgehead atoms. The van der Waals surface area contributed by atoms with Crippen molar-refractivity contribution in [1.82, 2.24) is 0 Å². The molecule has 0 aromatic heterocycles. The standard InChI is InChI=1S/C27H32O4S/c1-17-5-12-21(26(2,3)4)23(15-17)32-24-22(29)16-27(19-8-9-19,31-25(24)30)14-13-18-6-10-20(28)11-7-18/h5-7,10-12,15,19,24,28H,8-9,13-14,16H2,1-4H3. The first-order valence-corrected chi connectivity index (χ1v) is 12.3. The lowest BCUT2D eigenvalue weighted by Crippen LogP contribution is -2.50. The van der Waals surface area contributed by atoms with Crippen LogP contribution in [0.3, 0.4) is 0 Å². The fourth-order valence-corrected chi connectivity index (χ4v) is 5.96. The van der Waals surface area contributed by atoms with Gasteiger partial charge in [0.25, 0.3) is 0 Å². The van der Waals surface area contributed by atoms with E-state index in [0.717, 1.165) is 34.4 Å². The lowest BCUT2D eigenvalue weighted by Gasteiger charge is -2.39. The molecule has 0 radical (unpaired) electrons. The summed E-state index contributed by atoms with van der Waals surface area (Å²) in [5, 5.41) is 8.71. The van der Waals surface area contributed by atoms with Gasteiger partial charge < -0.3 is 9.84 Å². The predicted octanol–water partition coefficient (Wildman–Crippen LogP) is 5.76. The van der Waals surface area contributed by atoms with Crippen LogP contribution in [0.1, 0.15) is 63.1 Å². The van der Waals surface area contributed by atoms with Gasteiger partial charge in [-0.05, 0) is 78.8 Å². The number of Topliss-reactive ketones (excluding diaryl/α,β-unsaturated/α-hetero) is 1. The highest BCUT2D eigenvalue weighted by Crippen LogP contribution is 2.50. The van der Waals surface area contributed by atoms with Crippen LogP contribution in [0.5, 0.6) is 5.75 Å². The molecule has 4 rings (SSSR count). The number of ketones is 1. The molecule has 2 aliphatic rings. The molecule has 2 aromatic carbocycles. The summed E-state index contributed by atoms with van der Waals surface area (Å²) in [6, 6.07) is 13.3. The molecular formula is C27H32O4S. The molecule has 1 heterocycles. The van der Waals surface area contributed by atoms with Gasteiger partial charge >= 0.3 is 5.97 Å². The Hall–Kier alpha value is -2.27. The first-order chi connectivity index (χ1) is 15.1. The second-order valence-corrected chi connectivity index (χ2v) is 11.5. The minimum atomic E-state index is -0.807. The molecule has 32 heavy (non-hydrogen) atoms. The summed E-state index contributed by atoms with van der Waals surface area (Å²) in [5.74, 6) is 0.0774. The van der Waals surface area contributed by atoms with Gasteiger partial charge in [-0.3, -0.25) is 9.59 Å². The van der Waals surface area contributed by atoms with Gasteiger partial charge in [0.2, 0.25) is 0 Å². The monoisotopic (exact) mass is 452 g/mol. The highest BCUT2D eigenvalue weighted by molar-refractivity contribution is 8.01. The molecule has 1 aliphatic heterocycles. The summed E-state index contributed by atoms with van der Waals surface area (Å²) in [6.45, 7) is 8.46. The van der Waals surface area contributed by atoms with E-state index >= 15 is 0 Å². The average Bonchev–Trinajstić information content (AvgIpc) is 3.55. The Labute approximate surface area is 194 Å². The number of carbonyl (C=O) groups excluding carboxylic acids is 2. The number of aromatic hydroxyl groups is 1. The number of hydrogen-bond donors (Lipinski definition) is 1. The Kier molecular flexibility index (Phi) is 6.15. The van der Waals surface area contributed by atoms with Crippen molar-refractivity contribution in [1.29, 1.82) is 0 Å². The van der Waals surface area contributed by atoms with Crippen LogP contribution < -0.4 is 0 Å². The lowest BCUT2D eigenvalue weighted by molar-refractivity contribution is -0.173. The van der Waals surface area contributed by atoms with Crippen molar-refractivity contribution in [2.75, 3.05) is 0 Å². The first kappa shape index (κ1) is 22.9. The summed E-state index contributed by atoms with van der Waals surface area (Å²) >= 11 is 1.35. The SMILES string of the molecule is Cc1ccc(C(C)(C)C)c(SC2C(=O)CC(CCc3ccc(O)cc3)(C3CC3)OC2=O)c1. The summed E-state index contributed by atoms with van der Waals surface area (Å²) in [6.07, 6.45) is 3.63. The van der Waals surface area contributed by atoms with Crippen molar-refractivity contribution in [2.45, 2.75) is 81.0 Å². The molecule has 5 heteroatoms. The molecular weight excluding hydrogens is 420 g/mol. The lowest BCUT2D eigenvalue weighted by atomic mass is 9.82. The van der Waals surface area contributed by atoms with Crippen LogP contribution in [0.4, 0.5) is 0 Å². The number of hydrogen-bond acceptors (Lipinski definition) is 5. The maximum atomic E-state index is 13.3. The normalized spacial score (nSPS) is 23.8. The van der Waals surface area contributed by atoms with Gasteiger partial charge in [0.15, 0.2) is 11.0 Å². The molecule has 1 saturated carbocycles. The number of phenols is 1. The Morgan fingerprint density at radius 1 is 1.09 bits per heavy atom. The number of ether oxygens (including phenoxy) is 1. The summed E-state index contributed by atoms with van der Waals surface area (Å²) in [7, 11) is 0. The van der Waals surface area contributed by atoms with E-state index in [1.807, 2.05) is 19.1 Å². The third-order valence-electron chi connectivity index (χ3n) is 6.57. The first-order valence-electron chi connectivity index (χ1n) is 11.4. The maximum absolute atomic E-state index is 13.3. The fourth-order valence-electron chi connectivity index (χ4n) is 4.60. The third-order valence-corrected chi connectivity index (χ3v) is 7.85. The molecule has 0 amide bonds. The Morgan fingerprint density at radius 2 is 1.78 bits per heavy atom. The van der Waals surface area contributed by atoms with Crippen molar-refractivity contribution < 1.29 is 19.4 Å². The van der Waals surface area contributed by atoms with Crippen molar-refractivity contribution in [3.05, 3.63) is 59.2 Å². The molecule has 2 fully saturated rings. The quantitative estimate of drug-likeness (QED) is 0.446. The van der Waals surface area contributed by atoms with Crippen molar-refractivity contribution in [3.8, 4) is 5.75 Å². The van der Waals surface area contributed by atoms with E-state index < -0.39 is 16.8 Å². The molecule has 1 aliphatic carbocycles. The number of benzene rings is 2. The fraction of sp³-hybridized carbons (Fsp3) is 0.481. The molecule has 1 saturated heterocycles. The van der Waals surface area contributed by atoms with Crippen LogP contribution in [0.2, 0.25) is 0 Å². The summed E-state index contributed by atoms with van der Waals surface area (Å²) < 4.78 is 6.12. The second kappa shape index (κ2) is 8.58. The van der Waals surface area contributed by atoms with Gasteiger partial charge in [0, 0.05) is 11.3 Å². The van der Waals surface area contributed by atoms with Gasteiger partial charge in [-0.25, -0.2) is 0 Å². The van der Waals surface area contributed by atoms with Gasteiger partial charge in [0.05, 0.1) is 0 Å². The minimum absolute atomic E-state index is 0.0229. The third kappa shape index (κ3) is 4.88. The van der Waals surface area contributed by atoms with Crippen LogP contribution in [0.25, 0.3) is 0 Å². The van der Waals surface area contributed by atoms with Crippen LogP contribution in [-0.4, -0.2) is 27.7 Å². The highest BCUT2D eigenvalue weighted by Gasteiger charge is 2.54. The zero-order chi connectivity index (χ0) is 23.1. The largest absolute Gasteiger partial charge is 0.508 e. The number of rotatable bonds is 6. The summed E-state index contributed by atoms with van der Waals surface area (Å²) in [4.78, 5) is 27.4. The second-order valence-electron chi connectivity index (χ2n) is 10.3. The zero-order valence-corrected chi connectivity index (χ0v) is 20.1. The van der Waals surface area contributed by atoms with Crippen LogP contribution in [0, 0.1) is 12.8 Å². The van der Waals surface area contributed by atoms with Crippen LogP contribution >= 0.6 is 11.8 Å². The van der Waals surface area contributed by atoms with E-state index in [9.17, 15) is 14.7 Å². The smallest absolute Gasteiger partial charge is 0.327 e. The van der Waals surface area contributed by atoms with Crippen LogP contribution in [-0.2, 0) is 26.2 Å². The summed E-state index contributed by atoms with van der Waals surface area (Å²) in [5.41, 5.74) is 2.54. The molecule has 2 aromatic rings. The Morgan fingerprint density at radius 3 is 2.38 bits per heavy atom. The highest BCUT2D eigenvalue weighted by atomic mass is 32.2. The minimum Gasteiger partial charge on any atom is -0.508 e. The number of thioether (sulfide) groups is 1. The zero-order valence-electron chi connectivity index (χ0n) is 19.3. The number of aryl methyl sites for hydroxylation is 2. The predicted molar refractivity (Wildman–Crippen MR) is 127 cm³/mol. The van der Waals surface area contributed by atoms with Crippen LogP contribution in [0.15, 0.2) is 47.4 Å². The molecule has 2 unspecified atom stereocenters. The van der Waals surface area contributed by atoms with E-state index in [2.05, 4.69) is 39.0 Å². The number of phenolic OH excluding ortho intramolecular Hbond substituents is 1. The van der Waals surface area contributed by atoms with E-state index in [4.69, 9.17) is 4.74 Å². The number of cyclic esters (lactones) is 1. The van der Waals surface area contributed by atoms with Gasteiger partial charge in [0.1, 0.15) is 11.4 Å². The van der Waals surface area contributed by atoms with Crippen molar-refractivity contribution >= 4 is 23.5 Å². The molecule has 0 spiro atoms. The maximum Gasteiger partial charge on any atom is 0.327 e. The van der Waals surface area contributed by atoms with Gasteiger partial charge in [-0.1, -0.05) is 45.0 Å². The Balaban J connectivity index is 1.52. The van der Waals surface area contributed by atoms with E-state index in [1.54, 1.807) is 12.1 Å². The molecule has 2 atom stereocenters. The van der Waals surface area contributed by atoms with E-state index in [0.29, 0.717) is 12.8 Å². The van der Waals surface area contributed by atoms with Gasteiger partial charge in [-0.15, -0.1) is 11.8 Å². The number of carbonyl (C=O) groups is 2. The topological polar surface area (TPSA) is 63.6 Å². The molecule has 1 N–H and O–H groups in total. The van der Waals surface area contributed by atoms with Crippen molar-refractivity contribution in [3.63, 3.8) is 0 Å². The Bertz CT molecular complexity index is 997. The van der Waals surface area contributed by atoms with E-state index in [1.165, 1.54) is 11.8 Å². The average molecular weight is 453 g/mol. The molecule has 170 valence electrons. The van der Waals surface area contributed by atoms with Gasteiger partial charge in [-0.2, -0.15) is 0 Å². The van der Waals surface area contributed by atoms with Crippen molar-refractivity contribution in [2.24, 2.45) is 5.92 Å². The van der Waals surface area contributed by atoms with E-state index in [-0.39, 0.29) is 29.3 Å².